The molecule has 0 unspecified atom stereocenters. The summed E-state index contributed by atoms with van der Waals surface area (Å²) in [5.74, 6) is 0. The quantitative estimate of drug-likeness (QED) is 0.528. The van der Waals surface area contributed by atoms with Gasteiger partial charge in [-0.05, 0) is 19.1 Å². The first-order valence-corrected chi connectivity index (χ1v) is 7.27. The zero-order valence-corrected chi connectivity index (χ0v) is 11.3. The molecule has 1 N–H and O–H groups in total. The van der Waals surface area contributed by atoms with Gasteiger partial charge in [0.15, 0.2) is 9.84 Å². The number of halogens is 1. The van der Waals surface area contributed by atoms with Crippen LogP contribution in [0.3, 0.4) is 0 Å². The van der Waals surface area contributed by atoms with Crippen LogP contribution >= 0.6 is 15.9 Å². The highest BCUT2D eigenvalue weighted by Gasteiger charge is 2.23. The molecular weight excluding hydrogens is 294 g/mol. The average molecular weight is 306 g/mol. The van der Waals surface area contributed by atoms with Crippen molar-refractivity contribution in [2.75, 3.05) is 6.26 Å². The second kappa shape index (κ2) is 4.97. The predicted molar refractivity (Wildman–Crippen MR) is 66.8 cm³/mol. The fraction of sp³-hybridized carbons (Fsp3) is 0.300. The number of hydrogen-bond donors (Lipinski definition) is 1. The fourth-order valence-corrected chi connectivity index (χ4v) is 2.05. The van der Waals surface area contributed by atoms with Gasteiger partial charge in [0.2, 0.25) is 0 Å². The molecule has 1 aromatic rings. The van der Waals surface area contributed by atoms with Crippen molar-refractivity contribution in [3.63, 3.8) is 0 Å². The van der Waals surface area contributed by atoms with E-state index >= 15 is 0 Å². The van der Waals surface area contributed by atoms with Crippen molar-refractivity contribution in [2.24, 2.45) is 5.16 Å². The van der Waals surface area contributed by atoms with Gasteiger partial charge in [-0.2, -0.15) is 0 Å². The molecule has 16 heavy (non-hydrogen) atoms. The van der Waals surface area contributed by atoms with Gasteiger partial charge in [-0.1, -0.05) is 33.2 Å². The standard InChI is InChI=1S/C10H12BrNO3S/c1-7(16(2,14)15)10(12-13)8-3-5-9(11)6-4-8/h3-7,13H,1-2H3/b12-10+/t7-/m0/s1. The summed E-state index contributed by atoms with van der Waals surface area (Å²) >= 11 is 3.27. The van der Waals surface area contributed by atoms with Gasteiger partial charge in [0.1, 0.15) is 11.0 Å². The summed E-state index contributed by atoms with van der Waals surface area (Å²) in [4.78, 5) is 0. The molecule has 0 aliphatic carbocycles. The maximum absolute atomic E-state index is 11.4. The highest BCUT2D eigenvalue weighted by atomic mass is 79.9. The molecule has 4 nitrogen and oxygen atoms in total. The number of rotatable bonds is 3. The largest absolute Gasteiger partial charge is 0.411 e. The molecule has 1 rings (SSSR count). The van der Waals surface area contributed by atoms with Gasteiger partial charge in [0.25, 0.3) is 0 Å². The van der Waals surface area contributed by atoms with Crippen molar-refractivity contribution < 1.29 is 13.6 Å². The number of oxime groups is 1. The van der Waals surface area contributed by atoms with E-state index in [0.29, 0.717) is 5.56 Å². The van der Waals surface area contributed by atoms with E-state index in [-0.39, 0.29) is 5.71 Å². The molecule has 0 saturated carbocycles. The van der Waals surface area contributed by atoms with Crippen molar-refractivity contribution in [2.45, 2.75) is 12.2 Å². The third-order valence-corrected chi connectivity index (χ3v) is 4.31. The lowest BCUT2D eigenvalue weighted by Gasteiger charge is -2.11. The van der Waals surface area contributed by atoms with E-state index in [1.165, 1.54) is 6.92 Å². The first kappa shape index (κ1) is 13.2. The van der Waals surface area contributed by atoms with E-state index in [9.17, 15) is 8.42 Å². The van der Waals surface area contributed by atoms with E-state index in [1.54, 1.807) is 24.3 Å². The monoisotopic (exact) mass is 305 g/mol. The van der Waals surface area contributed by atoms with Crippen molar-refractivity contribution in [1.29, 1.82) is 0 Å². The molecule has 88 valence electrons. The summed E-state index contributed by atoms with van der Waals surface area (Å²) in [5, 5.41) is 11.1. The van der Waals surface area contributed by atoms with Crippen LogP contribution in [0.4, 0.5) is 0 Å². The lowest BCUT2D eigenvalue weighted by atomic mass is 10.1. The average Bonchev–Trinajstić information content (AvgIpc) is 2.20. The van der Waals surface area contributed by atoms with E-state index in [1.807, 2.05) is 0 Å². The Balaban J connectivity index is 3.15. The number of hydrogen-bond acceptors (Lipinski definition) is 4. The van der Waals surface area contributed by atoms with Crippen molar-refractivity contribution in [3.8, 4) is 0 Å². The zero-order chi connectivity index (χ0) is 12.3. The van der Waals surface area contributed by atoms with Crippen LogP contribution in [0.15, 0.2) is 33.9 Å². The lowest BCUT2D eigenvalue weighted by Crippen LogP contribution is -2.27. The van der Waals surface area contributed by atoms with Gasteiger partial charge in [-0.3, -0.25) is 0 Å². The van der Waals surface area contributed by atoms with Crippen LogP contribution < -0.4 is 0 Å². The van der Waals surface area contributed by atoms with E-state index in [2.05, 4.69) is 21.1 Å². The van der Waals surface area contributed by atoms with Gasteiger partial charge in [0.05, 0.1) is 0 Å². The Bertz CT molecular complexity index is 493. The molecule has 0 fully saturated rings. The van der Waals surface area contributed by atoms with Crippen molar-refractivity contribution in [3.05, 3.63) is 34.3 Å². The van der Waals surface area contributed by atoms with Crippen LogP contribution in [0.1, 0.15) is 12.5 Å². The molecule has 6 heteroatoms. The minimum Gasteiger partial charge on any atom is -0.411 e. The van der Waals surface area contributed by atoms with Gasteiger partial charge in [-0.15, -0.1) is 0 Å². The third-order valence-electron chi connectivity index (χ3n) is 2.28. The van der Waals surface area contributed by atoms with Gasteiger partial charge in [0, 0.05) is 16.3 Å². The Morgan fingerprint density at radius 1 is 1.38 bits per heavy atom. The molecule has 0 aromatic heterocycles. The van der Waals surface area contributed by atoms with Crippen molar-refractivity contribution >= 4 is 31.5 Å². The van der Waals surface area contributed by atoms with E-state index < -0.39 is 15.1 Å². The molecule has 0 radical (unpaired) electrons. The molecular formula is C10H12BrNO3S. The molecule has 0 heterocycles. The van der Waals surface area contributed by atoms with Crippen LogP contribution in [0, 0.1) is 0 Å². The molecule has 0 aliphatic rings. The first-order chi connectivity index (χ1) is 7.36. The van der Waals surface area contributed by atoms with Gasteiger partial charge in [-0.25, -0.2) is 8.42 Å². The summed E-state index contributed by atoms with van der Waals surface area (Å²) in [5.41, 5.74) is 0.735. The Morgan fingerprint density at radius 3 is 2.25 bits per heavy atom. The minimum absolute atomic E-state index is 0.148. The Labute approximate surface area is 103 Å². The van der Waals surface area contributed by atoms with Gasteiger partial charge < -0.3 is 5.21 Å². The second-order valence-corrected chi connectivity index (χ2v) is 6.75. The third kappa shape index (κ3) is 3.05. The maximum Gasteiger partial charge on any atom is 0.155 e. The van der Waals surface area contributed by atoms with Crippen LogP contribution in [-0.4, -0.2) is 30.8 Å². The van der Waals surface area contributed by atoms with Gasteiger partial charge >= 0.3 is 0 Å². The smallest absolute Gasteiger partial charge is 0.155 e. The number of sulfone groups is 1. The molecule has 1 atom stereocenters. The Morgan fingerprint density at radius 2 is 1.88 bits per heavy atom. The lowest BCUT2D eigenvalue weighted by molar-refractivity contribution is 0.318. The SMILES string of the molecule is C[C@@H](/C(=N\O)c1ccc(Br)cc1)S(C)(=O)=O. The second-order valence-electron chi connectivity index (χ2n) is 3.46. The number of nitrogens with zero attached hydrogens (tertiary/aromatic N) is 1. The summed E-state index contributed by atoms with van der Waals surface area (Å²) in [6.45, 7) is 1.49. The summed E-state index contributed by atoms with van der Waals surface area (Å²) in [6.07, 6.45) is 1.11. The summed E-state index contributed by atoms with van der Waals surface area (Å²) in [7, 11) is -3.27. The van der Waals surface area contributed by atoms with Crippen molar-refractivity contribution in [1.82, 2.24) is 0 Å². The Hall–Kier alpha value is -0.880. The van der Waals surface area contributed by atoms with Crippen LogP contribution in [0.25, 0.3) is 0 Å². The predicted octanol–water partition coefficient (Wildman–Crippen LogP) is 2.06. The maximum atomic E-state index is 11.4. The fourth-order valence-electron chi connectivity index (χ4n) is 1.20. The molecule has 0 saturated heterocycles. The Kier molecular flexibility index (Phi) is 4.09. The molecule has 0 spiro atoms. The first-order valence-electron chi connectivity index (χ1n) is 4.53. The minimum atomic E-state index is -3.27. The van der Waals surface area contributed by atoms with E-state index in [4.69, 9.17) is 5.21 Å². The summed E-state index contributed by atoms with van der Waals surface area (Å²) in [6, 6.07) is 6.91. The molecule has 0 aliphatic heterocycles. The van der Waals surface area contributed by atoms with Crippen LogP contribution in [-0.2, 0) is 9.84 Å². The topological polar surface area (TPSA) is 66.7 Å². The molecule has 1 aromatic carbocycles. The highest BCUT2D eigenvalue weighted by molar-refractivity contribution is 9.10. The summed E-state index contributed by atoms with van der Waals surface area (Å²) < 4.78 is 23.6. The normalized spacial score (nSPS) is 14.8. The van der Waals surface area contributed by atoms with Crippen LogP contribution in [0.5, 0.6) is 0 Å². The highest BCUT2D eigenvalue weighted by Crippen LogP contribution is 2.15. The van der Waals surface area contributed by atoms with Crippen LogP contribution in [0.2, 0.25) is 0 Å². The molecule has 0 bridgehead atoms. The zero-order valence-electron chi connectivity index (χ0n) is 8.88. The van der Waals surface area contributed by atoms with E-state index in [0.717, 1.165) is 10.7 Å². The molecule has 0 amide bonds. The number of benzene rings is 1.